The highest BCUT2D eigenvalue weighted by Gasteiger charge is 2.25. The Kier molecular flexibility index (Phi) is 2.59. The van der Waals surface area contributed by atoms with Gasteiger partial charge < -0.3 is 4.90 Å². The Morgan fingerprint density at radius 2 is 2.25 bits per heavy atom. The first-order valence-corrected chi connectivity index (χ1v) is 4.47. The predicted molar refractivity (Wildman–Crippen MR) is 52.7 cm³/mol. The van der Waals surface area contributed by atoms with Crippen LogP contribution < -0.4 is 4.90 Å². The first-order valence-electron chi connectivity index (χ1n) is 4.47. The second kappa shape index (κ2) is 4.05. The molecule has 0 aliphatic carbocycles. The quantitative estimate of drug-likeness (QED) is 0.539. The monoisotopic (exact) mass is 221 g/mol. The summed E-state index contributed by atoms with van der Waals surface area (Å²) in [6.07, 6.45) is 1.40. The summed E-state index contributed by atoms with van der Waals surface area (Å²) in [5, 5.41) is 2.05. The minimum Gasteiger partial charge on any atom is -0.342 e. The van der Waals surface area contributed by atoms with Crippen LogP contribution in [0.25, 0.3) is 0 Å². The van der Waals surface area contributed by atoms with E-state index >= 15 is 0 Å². The second-order valence-electron chi connectivity index (χ2n) is 3.25. The highest BCUT2D eigenvalue weighted by Crippen LogP contribution is 2.17. The molecule has 7 heteroatoms. The highest BCUT2D eigenvalue weighted by molar-refractivity contribution is 5.96. The van der Waals surface area contributed by atoms with E-state index in [1.807, 2.05) is 5.34 Å². The minimum absolute atomic E-state index is 0.115. The second-order valence-corrected chi connectivity index (χ2v) is 3.25. The highest BCUT2D eigenvalue weighted by atomic mass is 16.7. The van der Waals surface area contributed by atoms with Gasteiger partial charge in [-0.3, -0.25) is 9.63 Å². The molecule has 2 heterocycles. The molecule has 0 spiro atoms. The van der Waals surface area contributed by atoms with Crippen LogP contribution >= 0.6 is 0 Å². The fourth-order valence-corrected chi connectivity index (χ4v) is 1.35. The molecule has 0 radical (unpaired) electrons. The zero-order valence-electron chi connectivity index (χ0n) is 8.12. The van der Waals surface area contributed by atoms with Crippen LogP contribution in [0.3, 0.4) is 0 Å². The van der Waals surface area contributed by atoms with Crippen LogP contribution in [0.2, 0.25) is 0 Å². The van der Waals surface area contributed by atoms with Gasteiger partial charge in [0.2, 0.25) is 0 Å². The molecule has 0 atom stereocenters. The molecule has 1 saturated heterocycles. The van der Waals surface area contributed by atoms with E-state index in [1.165, 1.54) is 18.3 Å². The van der Waals surface area contributed by atoms with Crippen LogP contribution in [-0.4, -0.2) is 29.8 Å². The van der Waals surface area contributed by atoms with Crippen LogP contribution in [0, 0.1) is 4.91 Å². The Morgan fingerprint density at radius 3 is 2.88 bits per heavy atom. The number of ketones is 1. The molecule has 16 heavy (non-hydrogen) atoms. The maximum Gasteiger partial charge on any atom is 0.369 e. The third-order valence-corrected chi connectivity index (χ3v) is 2.16. The summed E-state index contributed by atoms with van der Waals surface area (Å²) in [6.45, 7) is 0.578. The lowest BCUT2D eigenvalue weighted by atomic mass is 10.2. The molecule has 1 aliphatic heterocycles. The van der Waals surface area contributed by atoms with Gasteiger partial charge in [0.15, 0.2) is 11.1 Å². The van der Waals surface area contributed by atoms with Gasteiger partial charge in [0.25, 0.3) is 0 Å². The maximum atomic E-state index is 11.2. The first-order chi connectivity index (χ1) is 7.70. The number of Topliss-reactive ketones (excluding diaryl/α,β-unsaturated/α-hetero) is 1. The zero-order chi connectivity index (χ0) is 11.5. The third kappa shape index (κ3) is 1.88. The Labute approximate surface area is 90.0 Å². The van der Waals surface area contributed by atoms with Crippen molar-refractivity contribution in [3.63, 3.8) is 0 Å². The number of aromatic nitrogens is 1. The third-order valence-electron chi connectivity index (χ3n) is 2.16. The summed E-state index contributed by atoms with van der Waals surface area (Å²) >= 11 is 0. The number of anilines is 1. The summed E-state index contributed by atoms with van der Waals surface area (Å²) in [6, 6.07) is 2.85. The van der Waals surface area contributed by atoms with Crippen molar-refractivity contribution in [3.8, 4) is 0 Å². The van der Waals surface area contributed by atoms with E-state index in [4.69, 9.17) is 0 Å². The van der Waals surface area contributed by atoms with Gasteiger partial charge in [0.1, 0.15) is 5.82 Å². The Balaban J connectivity index is 2.16. The normalized spacial score (nSPS) is 14.2. The lowest BCUT2D eigenvalue weighted by Crippen LogP contribution is -2.47. The predicted octanol–water partition coefficient (Wildman–Crippen LogP) is 0.309. The molecule has 0 saturated carbocycles. The lowest BCUT2D eigenvalue weighted by Gasteiger charge is -2.30. The van der Waals surface area contributed by atoms with Crippen LogP contribution in [0.4, 0.5) is 5.82 Å². The molecule has 1 aliphatic rings. The molecule has 0 amide bonds. The summed E-state index contributed by atoms with van der Waals surface area (Å²) in [5.74, 6) is -0.227. The Hall–Kier alpha value is -2.31. The van der Waals surface area contributed by atoms with E-state index in [1.54, 1.807) is 4.90 Å². The number of carbonyl (C=O) groups excluding carboxylic acids is 2. The van der Waals surface area contributed by atoms with Crippen molar-refractivity contribution in [3.05, 3.63) is 28.8 Å². The fourth-order valence-electron chi connectivity index (χ4n) is 1.35. The minimum atomic E-state index is -0.842. The molecule has 1 aromatic rings. The average molecular weight is 221 g/mol. The number of nitrogens with zero attached hydrogens (tertiary/aromatic N) is 3. The summed E-state index contributed by atoms with van der Waals surface area (Å²) < 4.78 is 0. The van der Waals surface area contributed by atoms with Crippen molar-refractivity contribution in [1.29, 1.82) is 0 Å². The molecule has 0 unspecified atom stereocenters. The maximum absolute atomic E-state index is 11.2. The molecular formula is C9H7N3O4. The van der Waals surface area contributed by atoms with E-state index in [0.717, 1.165) is 0 Å². The van der Waals surface area contributed by atoms with Crippen molar-refractivity contribution >= 4 is 17.6 Å². The molecule has 2 rings (SSSR count). The summed E-state index contributed by atoms with van der Waals surface area (Å²) in [7, 11) is 0. The number of hydrogen-bond donors (Lipinski definition) is 0. The molecule has 1 fully saturated rings. The van der Waals surface area contributed by atoms with Gasteiger partial charge in [-0.2, -0.15) is 0 Å². The van der Waals surface area contributed by atoms with Gasteiger partial charge in [-0.15, -0.1) is 4.91 Å². The lowest BCUT2D eigenvalue weighted by molar-refractivity contribution is -0.119. The van der Waals surface area contributed by atoms with Crippen LogP contribution in [0.5, 0.6) is 0 Å². The first kappa shape index (κ1) is 10.2. The van der Waals surface area contributed by atoms with E-state index < -0.39 is 5.97 Å². The van der Waals surface area contributed by atoms with Gasteiger partial charge in [-0.1, -0.05) is 0 Å². The van der Waals surface area contributed by atoms with Crippen molar-refractivity contribution in [1.82, 2.24) is 4.98 Å². The van der Waals surface area contributed by atoms with Gasteiger partial charge in [0.05, 0.1) is 18.7 Å². The SMILES string of the molecule is O=NOC(=O)c1ccnc(N2CC(=O)C2)c1. The van der Waals surface area contributed by atoms with Gasteiger partial charge in [0, 0.05) is 6.20 Å². The number of pyridine rings is 1. The Bertz CT molecular complexity index is 452. The van der Waals surface area contributed by atoms with E-state index in [9.17, 15) is 14.5 Å². The largest absolute Gasteiger partial charge is 0.369 e. The molecule has 7 nitrogen and oxygen atoms in total. The van der Waals surface area contributed by atoms with E-state index in [0.29, 0.717) is 5.82 Å². The molecule has 0 N–H and O–H groups in total. The van der Waals surface area contributed by atoms with Crippen LogP contribution in [0.15, 0.2) is 23.7 Å². The molecule has 0 aromatic carbocycles. The summed E-state index contributed by atoms with van der Waals surface area (Å²) in [5.41, 5.74) is 0.170. The average Bonchev–Trinajstić information content (AvgIpc) is 2.25. The molecular weight excluding hydrogens is 214 g/mol. The van der Waals surface area contributed by atoms with Crippen molar-refractivity contribution in [2.45, 2.75) is 0 Å². The zero-order valence-corrected chi connectivity index (χ0v) is 8.12. The Morgan fingerprint density at radius 1 is 1.50 bits per heavy atom. The number of carbonyl (C=O) groups is 2. The van der Waals surface area contributed by atoms with Gasteiger partial charge >= 0.3 is 5.97 Å². The molecule has 0 bridgehead atoms. The van der Waals surface area contributed by atoms with E-state index in [2.05, 4.69) is 9.82 Å². The number of rotatable bonds is 3. The number of hydrogen-bond acceptors (Lipinski definition) is 7. The standard InChI is InChI=1S/C9H7N3O4/c13-7-4-12(5-7)8-3-6(1-2-10-8)9(14)16-11-15/h1-3H,4-5H2. The smallest absolute Gasteiger partial charge is 0.342 e. The van der Waals surface area contributed by atoms with Crippen LogP contribution in [0.1, 0.15) is 10.4 Å². The van der Waals surface area contributed by atoms with Crippen molar-refractivity contribution in [2.75, 3.05) is 18.0 Å². The van der Waals surface area contributed by atoms with Gasteiger partial charge in [-0.25, -0.2) is 9.78 Å². The van der Waals surface area contributed by atoms with Gasteiger partial charge in [-0.05, 0) is 12.1 Å². The van der Waals surface area contributed by atoms with Crippen molar-refractivity contribution in [2.24, 2.45) is 5.34 Å². The van der Waals surface area contributed by atoms with E-state index in [-0.39, 0.29) is 24.4 Å². The summed E-state index contributed by atoms with van der Waals surface area (Å²) in [4.78, 5) is 41.4. The molecule has 1 aromatic heterocycles. The molecule has 82 valence electrons. The topological polar surface area (TPSA) is 88.9 Å². The van der Waals surface area contributed by atoms with Crippen molar-refractivity contribution < 1.29 is 14.4 Å². The fraction of sp³-hybridized carbons (Fsp3) is 0.222. The van der Waals surface area contributed by atoms with Crippen LogP contribution in [-0.2, 0) is 9.63 Å².